The summed E-state index contributed by atoms with van der Waals surface area (Å²) in [5, 5.41) is 4.04. The summed E-state index contributed by atoms with van der Waals surface area (Å²) in [5.74, 6) is -0.711. The highest BCUT2D eigenvalue weighted by Crippen LogP contribution is 2.33. The lowest BCUT2D eigenvalue weighted by Gasteiger charge is -2.14. The van der Waals surface area contributed by atoms with Crippen LogP contribution in [-0.2, 0) is 25.8 Å². The summed E-state index contributed by atoms with van der Waals surface area (Å²) >= 11 is 12.3. The normalized spacial score (nSPS) is 11.2. The highest BCUT2D eigenvalue weighted by molar-refractivity contribution is 7.90. The monoisotopic (exact) mass is 401 g/mol. The van der Waals surface area contributed by atoms with E-state index in [-0.39, 0.29) is 18.8 Å². The molecule has 0 saturated carbocycles. The van der Waals surface area contributed by atoms with Crippen molar-refractivity contribution < 1.29 is 17.9 Å². The zero-order chi connectivity index (χ0) is 18.4. The molecule has 1 N–H and O–H groups in total. The quantitative estimate of drug-likeness (QED) is 0.712. The first-order valence-corrected chi connectivity index (χ1v) is 10.2. The minimum Gasteiger partial charge on any atom is -0.464 e. The van der Waals surface area contributed by atoms with Crippen molar-refractivity contribution in [2.75, 3.05) is 23.9 Å². The maximum Gasteiger partial charge on any atom is 0.310 e. The fourth-order valence-corrected chi connectivity index (χ4v) is 2.94. The van der Waals surface area contributed by atoms with Crippen LogP contribution in [0.25, 0.3) is 0 Å². The molecule has 0 amide bonds. The lowest BCUT2D eigenvalue weighted by Crippen LogP contribution is -2.16. The maximum absolute atomic E-state index is 11.9. The first-order chi connectivity index (χ1) is 11.8. The third-order valence-electron chi connectivity index (χ3n) is 3.29. The summed E-state index contributed by atoms with van der Waals surface area (Å²) in [6, 6.07) is 12.3. The van der Waals surface area contributed by atoms with Crippen molar-refractivity contribution in [3.05, 3.63) is 58.1 Å². The second-order valence-corrected chi connectivity index (χ2v) is 8.48. The van der Waals surface area contributed by atoms with Crippen LogP contribution in [0, 0.1) is 0 Å². The third kappa shape index (κ3) is 6.23. The van der Waals surface area contributed by atoms with Crippen LogP contribution >= 0.6 is 23.2 Å². The molecular weight excluding hydrogens is 385 g/mol. The van der Waals surface area contributed by atoms with Gasteiger partial charge in [0.25, 0.3) is 0 Å². The maximum atomic E-state index is 11.9. The molecule has 0 aliphatic rings. The van der Waals surface area contributed by atoms with Crippen molar-refractivity contribution in [3.8, 4) is 0 Å². The van der Waals surface area contributed by atoms with Crippen molar-refractivity contribution in [2.45, 2.75) is 6.42 Å². The number of carbonyl (C=O) groups excluding carboxylic acids is 1. The predicted molar refractivity (Wildman–Crippen MR) is 101 cm³/mol. The number of esters is 1. The number of nitrogens with one attached hydrogen (secondary N) is 1. The number of anilines is 2. The van der Waals surface area contributed by atoms with Crippen LogP contribution in [0.1, 0.15) is 5.56 Å². The Balaban J connectivity index is 2.09. The van der Waals surface area contributed by atoms with Crippen LogP contribution < -0.4 is 5.32 Å². The summed E-state index contributed by atoms with van der Waals surface area (Å²) in [6.45, 7) is -0.163. The molecule has 5 nitrogen and oxygen atoms in total. The SMILES string of the molecule is CS(=O)(=O)CCOC(=O)Cc1ccccc1Nc1c(Cl)cccc1Cl. The minimum absolute atomic E-state index is 0.00495. The zero-order valence-corrected chi connectivity index (χ0v) is 15.8. The molecule has 0 radical (unpaired) electrons. The number of para-hydroxylation sites is 2. The molecule has 0 aliphatic carbocycles. The molecule has 0 bridgehead atoms. The molecule has 2 rings (SSSR count). The first-order valence-electron chi connectivity index (χ1n) is 7.38. The van der Waals surface area contributed by atoms with Crippen molar-refractivity contribution in [1.82, 2.24) is 0 Å². The van der Waals surface area contributed by atoms with E-state index >= 15 is 0 Å². The Morgan fingerprint density at radius 3 is 2.36 bits per heavy atom. The van der Waals surface area contributed by atoms with E-state index in [2.05, 4.69) is 5.32 Å². The third-order valence-corrected chi connectivity index (χ3v) is 4.83. The van der Waals surface area contributed by atoms with E-state index in [1.165, 1.54) is 0 Å². The number of hydrogen-bond donors (Lipinski definition) is 1. The van der Waals surface area contributed by atoms with Gasteiger partial charge in [0.15, 0.2) is 9.84 Å². The second kappa shape index (κ2) is 8.56. The average Bonchev–Trinajstić information content (AvgIpc) is 2.51. The summed E-state index contributed by atoms with van der Waals surface area (Å²) in [4.78, 5) is 11.9. The standard InChI is InChI=1S/C17H17Cl2NO4S/c1-25(22,23)10-9-24-16(21)11-12-5-2-3-8-15(12)20-17-13(18)6-4-7-14(17)19/h2-8,20H,9-11H2,1H3. The molecule has 0 aliphatic heterocycles. The van der Waals surface area contributed by atoms with Gasteiger partial charge in [0.2, 0.25) is 0 Å². The lowest BCUT2D eigenvalue weighted by molar-refractivity contribution is -0.142. The number of sulfone groups is 1. The smallest absolute Gasteiger partial charge is 0.310 e. The molecule has 0 heterocycles. The van der Waals surface area contributed by atoms with Gasteiger partial charge in [-0.3, -0.25) is 4.79 Å². The van der Waals surface area contributed by atoms with Gasteiger partial charge in [-0.05, 0) is 23.8 Å². The second-order valence-electron chi connectivity index (χ2n) is 5.41. The van der Waals surface area contributed by atoms with Crippen LogP contribution in [0.2, 0.25) is 10.0 Å². The van der Waals surface area contributed by atoms with Crippen molar-refractivity contribution in [1.29, 1.82) is 0 Å². The molecular formula is C17H17Cl2NO4S. The van der Waals surface area contributed by atoms with Crippen LogP contribution in [0.4, 0.5) is 11.4 Å². The molecule has 8 heteroatoms. The molecule has 2 aromatic rings. The molecule has 0 unspecified atom stereocenters. The average molecular weight is 402 g/mol. The fourth-order valence-electron chi connectivity index (χ4n) is 2.06. The van der Waals surface area contributed by atoms with Gasteiger partial charge < -0.3 is 10.1 Å². The number of halogens is 2. The number of rotatable bonds is 7. The van der Waals surface area contributed by atoms with Gasteiger partial charge in [-0.15, -0.1) is 0 Å². The largest absolute Gasteiger partial charge is 0.464 e. The van der Waals surface area contributed by atoms with Crippen LogP contribution in [-0.4, -0.2) is 33.0 Å². The molecule has 0 atom stereocenters. The molecule has 0 aromatic heterocycles. The van der Waals surface area contributed by atoms with E-state index in [0.717, 1.165) is 6.26 Å². The van der Waals surface area contributed by atoms with E-state index in [4.69, 9.17) is 27.9 Å². The summed E-state index contributed by atoms with van der Waals surface area (Å²) in [6.07, 6.45) is 1.09. The van der Waals surface area contributed by atoms with E-state index in [0.29, 0.717) is 27.0 Å². The Kier molecular flexibility index (Phi) is 6.70. The predicted octanol–water partition coefficient (Wildman–Crippen LogP) is 3.87. The summed E-state index contributed by atoms with van der Waals surface area (Å²) in [5.41, 5.74) is 1.89. The topological polar surface area (TPSA) is 72.5 Å². The Morgan fingerprint density at radius 1 is 1.08 bits per heavy atom. The molecule has 2 aromatic carbocycles. The van der Waals surface area contributed by atoms with E-state index < -0.39 is 15.8 Å². The molecule has 134 valence electrons. The fraction of sp³-hybridized carbons (Fsp3) is 0.235. The first kappa shape index (κ1) is 19.6. The Morgan fingerprint density at radius 2 is 1.72 bits per heavy atom. The summed E-state index contributed by atoms with van der Waals surface area (Å²) < 4.78 is 27.1. The van der Waals surface area contributed by atoms with Crippen LogP contribution in [0.3, 0.4) is 0 Å². The Bertz CT molecular complexity index is 848. The number of ether oxygens (including phenoxy) is 1. The van der Waals surface area contributed by atoms with Crippen molar-refractivity contribution >= 4 is 50.4 Å². The van der Waals surface area contributed by atoms with Crippen LogP contribution in [0.5, 0.6) is 0 Å². The Hall–Kier alpha value is -1.76. The minimum atomic E-state index is -3.17. The lowest BCUT2D eigenvalue weighted by atomic mass is 10.1. The van der Waals surface area contributed by atoms with Gasteiger partial charge in [0.05, 0.1) is 27.9 Å². The number of carbonyl (C=O) groups is 1. The Labute approximate surface area is 156 Å². The molecule has 25 heavy (non-hydrogen) atoms. The van der Waals surface area contributed by atoms with Gasteiger partial charge in [-0.2, -0.15) is 0 Å². The molecule has 0 fully saturated rings. The van der Waals surface area contributed by atoms with Gasteiger partial charge in [0, 0.05) is 11.9 Å². The van der Waals surface area contributed by atoms with Crippen molar-refractivity contribution in [2.24, 2.45) is 0 Å². The number of benzene rings is 2. The highest BCUT2D eigenvalue weighted by Gasteiger charge is 2.13. The van der Waals surface area contributed by atoms with Gasteiger partial charge in [0.1, 0.15) is 6.61 Å². The molecule has 0 spiro atoms. The zero-order valence-electron chi connectivity index (χ0n) is 13.5. The van der Waals surface area contributed by atoms with E-state index in [1.807, 2.05) is 6.07 Å². The van der Waals surface area contributed by atoms with Crippen molar-refractivity contribution in [3.63, 3.8) is 0 Å². The number of hydrogen-bond acceptors (Lipinski definition) is 5. The van der Waals surface area contributed by atoms with Gasteiger partial charge in [-0.1, -0.05) is 47.5 Å². The van der Waals surface area contributed by atoms with E-state index in [9.17, 15) is 13.2 Å². The molecule has 0 saturated heterocycles. The summed E-state index contributed by atoms with van der Waals surface area (Å²) in [7, 11) is -3.17. The van der Waals surface area contributed by atoms with Gasteiger partial charge in [-0.25, -0.2) is 8.42 Å². The van der Waals surface area contributed by atoms with E-state index in [1.54, 1.807) is 36.4 Å². The van der Waals surface area contributed by atoms with Gasteiger partial charge >= 0.3 is 5.97 Å². The highest BCUT2D eigenvalue weighted by atomic mass is 35.5. The van der Waals surface area contributed by atoms with Crippen LogP contribution in [0.15, 0.2) is 42.5 Å².